The van der Waals surface area contributed by atoms with Crippen LogP contribution >= 0.6 is 0 Å². The second-order valence-corrected chi connectivity index (χ2v) is 22.0. The zero-order valence-electron chi connectivity index (χ0n) is 53.2. The highest BCUT2D eigenvalue weighted by Crippen LogP contribution is 2.15. The molecule has 0 aromatic carbocycles. The predicted octanol–water partition coefficient (Wildman–Crippen LogP) is 23.5. The second-order valence-electron chi connectivity index (χ2n) is 22.0. The van der Waals surface area contributed by atoms with Gasteiger partial charge < -0.3 is 14.2 Å². The summed E-state index contributed by atoms with van der Waals surface area (Å²) in [6.45, 7) is 6.47. The van der Waals surface area contributed by atoms with Crippen LogP contribution in [0.25, 0.3) is 0 Å². The van der Waals surface area contributed by atoms with Gasteiger partial charge in [-0.25, -0.2) is 0 Å². The highest BCUT2D eigenvalue weighted by Gasteiger charge is 2.19. The van der Waals surface area contributed by atoms with Crippen LogP contribution in [0.4, 0.5) is 0 Å². The fourth-order valence-corrected chi connectivity index (χ4v) is 8.99. The van der Waals surface area contributed by atoms with E-state index >= 15 is 0 Å². The molecule has 0 amide bonds. The lowest BCUT2D eigenvalue weighted by Crippen LogP contribution is -2.30. The molecule has 1 unspecified atom stereocenters. The van der Waals surface area contributed by atoms with Crippen LogP contribution in [0.2, 0.25) is 0 Å². The van der Waals surface area contributed by atoms with Gasteiger partial charge in [0.1, 0.15) is 13.2 Å². The van der Waals surface area contributed by atoms with Crippen molar-refractivity contribution in [2.75, 3.05) is 13.2 Å². The predicted molar refractivity (Wildman–Crippen MR) is 357 cm³/mol. The summed E-state index contributed by atoms with van der Waals surface area (Å²) in [7, 11) is 0. The average Bonchev–Trinajstić information content (AvgIpc) is 3.47. The standard InChI is InChI=1S/C76H124O6/c1-4-7-10-13-16-19-22-25-28-30-32-33-34-35-36-37-38-39-40-41-42-43-44-46-48-51-54-57-60-63-66-69-75(78)81-72-73(71-80-74(77)68-65-62-59-56-53-50-47-27-24-21-18-15-12-9-6-3)82-76(79)70-67-64-61-58-55-52-49-45-31-29-26-23-20-17-14-11-8-5-2/h7,10,16,19-20,23,25,27-29,31-33,35-36,38-39,41-42,44,46-47,51,54,73H,4-6,8-9,11-15,17-18,21-22,24,26,30,34,37,40,43,45,48-50,52-53,55-72H2,1-3H3/b10-7-,19-16-,23-20-,28-25-,31-29-,33-32-,36-35-,39-38-,42-41-,46-44-,47-27-,54-51-. The molecule has 6 heteroatoms. The monoisotopic (exact) mass is 1130 g/mol. The number of unbranched alkanes of at least 4 members (excludes halogenated alkanes) is 25. The van der Waals surface area contributed by atoms with Gasteiger partial charge in [-0.3, -0.25) is 14.4 Å². The van der Waals surface area contributed by atoms with Gasteiger partial charge in [0.2, 0.25) is 0 Å². The van der Waals surface area contributed by atoms with Crippen LogP contribution in [0.1, 0.15) is 297 Å². The Balaban J connectivity index is 4.43. The van der Waals surface area contributed by atoms with Crippen molar-refractivity contribution in [1.82, 2.24) is 0 Å². The van der Waals surface area contributed by atoms with Crippen LogP contribution in [0.5, 0.6) is 0 Å². The largest absolute Gasteiger partial charge is 0.462 e. The van der Waals surface area contributed by atoms with Crippen molar-refractivity contribution in [2.24, 2.45) is 0 Å². The summed E-state index contributed by atoms with van der Waals surface area (Å²) in [5, 5.41) is 0. The van der Waals surface area contributed by atoms with Gasteiger partial charge in [0.25, 0.3) is 0 Å². The normalized spacial score (nSPS) is 13.1. The molecular weight excluding hydrogens is 1010 g/mol. The first-order chi connectivity index (χ1) is 40.5. The molecule has 0 bridgehead atoms. The van der Waals surface area contributed by atoms with Gasteiger partial charge in [-0.2, -0.15) is 0 Å². The van der Waals surface area contributed by atoms with E-state index in [4.69, 9.17) is 14.2 Å². The van der Waals surface area contributed by atoms with Gasteiger partial charge in [-0.15, -0.1) is 0 Å². The molecule has 0 N–H and O–H groups in total. The van der Waals surface area contributed by atoms with E-state index < -0.39 is 6.10 Å². The van der Waals surface area contributed by atoms with Gasteiger partial charge in [-0.1, -0.05) is 276 Å². The summed E-state index contributed by atoms with van der Waals surface area (Å²) in [6, 6.07) is 0. The molecule has 0 spiro atoms. The maximum Gasteiger partial charge on any atom is 0.306 e. The lowest BCUT2D eigenvalue weighted by molar-refractivity contribution is -0.167. The number of carbonyl (C=O) groups excluding carboxylic acids is 3. The number of ether oxygens (including phenoxy) is 3. The van der Waals surface area contributed by atoms with Gasteiger partial charge in [0, 0.05) is 19.3 Å². The number of allylic oxidation sites excluding steroid dienone is 24. The van der Waals surface area contributed by atoms with Crippen molar-refractivity contribution in [1.29, 1.82) is 0 Å². The summed E-state index contributed by atoms with van der Waals surface area (Å²) in [5.74, 6) is -0.947. The molecule has 1 atom stereocenters. The first-order valence-corrected chi connectivity index (χ1v) is 33.8. The van der Waals surface area contributed by atoms with Crippen LogP contribution in [0, 0.1) is 0 Å². The minimum Gasteiger partial charge on any atom is -0.462 e. The molecule has 6 nitrogen and oxygen atoms in total. The fraction of sp³-hybridized carbons (Fsp3) is 0.645. The van der Waals surface area contributed by atoms with E-state index in [2.05, 4.69) is 167 Å². The molecule has 0 rings (SSSR count). The molecule has 82 heavy (non-hydrogen) atoms. The number of carbonyl (C=O) groups is 3. The highest BCUT2D eigenvalue weighted by molar-refractivity contribution is 5.71. The quantitative estimate of drug-likeness (QED) is 0.0261. The maximum absolute atomic E-state index is 12.9. The second kappa shape index (κ2) is 68.8. The van der Waals surface area contributed by atoms with Gasteiger partial charge >= 0.3 is 17.9 Å². The minimum absolute atomic E-state index is 0.1000. The van der Waals surface area contributed by atoms with E-state index in [0.29, 0.717) is 19.3 Å². The zero-order valence-corrected chi connectivity index (χ0v) is 53.2. The molecule has 0 aliphatic heterocycles. The maximum atomic E-state index is 12.9. The van der Waals surface area contributed by atoms with Gasteiger partial charge in [0.05, 0.1) is 0 Å². The fourth-order valence-electron chi connectivity index (χ4n) is 8.99. The topological polar surface area (TPSA) is 78.9 Å². The third kappa shape index (κ3) is 66.1. The van der Waals surface area contributed by atoms with Crippen LogP contribution in [0.15, 0.2) is 146 Å². The molecule has 0 fully saturated rings. The lowest BCUT2D eigenvalue weighted by atomic mass is 10.1. The number of hydrogen-bond donors (Lipinski definition) is 0. The SMILES string of the molecule is CC/C=C\C/C=C\C/C=C\C/C=C\C/C=C\C/C=C\C/C=C\C/C=C\C/C=C\CCCCCC(=O)OCC(COC(=O)CCCCCCC/C=C\CCCCCCCC)OC(=O)CCCCCCCCC/C=C\C/C=C\CCCCCC. The third-order valence-electron chi connectivity index (χ3n) is 14.0. The number of esters is 3. The number of rotatable bonds is 60. The Morgan fingerprint density at radius 1 is 0.256 bits per heavy atom. The minimum atomic E-state index is -0.807. The van der Waals surface area contributed by atoms with Crippen LogP contribution in [-0.2, 0) is 28.6 Å². The van der Waals surface area contributed by atoms with Crippen LogP contribution in [0.3, 0.4) is 0 Å². The first-order valence-electron chi connectivity index (χ1n) is 33.8. The highest BCUT2D eigenvalue weighted by atomic mass is 16.6. The van der Waals surface area contributed by atoms with Gasteiger partial charge in [0.15, 0.2) is 6.10 Å². The van der Waals surface area contributed by atoms with Crippen LogP contribution in [-0.4, -0.2) is 37.2 Å². The molecule has 0 heterocycles. The van der Waals surface area contributed by atoms with Crippen molar-refractivity contribution in [3.05, 3.63) is 146 Å². The Morgan fingerprint density at radius 3 is 0.780 bits per heavy atom. The first kappa shape index (κ1) is 77.3. The lowest BCUT2D eigenvalue weighted by Gasteiger charge is -2.18. The molecule has 464 valence electrons. The van der Waals surface area contributed by atoms with E-state index in [-0.39, 0.29) is 31.1 Å². The van der Waals surface area contributed by atoms with E-state index in [1.54, 1.807) is 0 Å². The average molecular weight is 1130 g/mol. The molecule has 0 saturated carbocycles. The Hall–Kier alpha value is -4.71. The van der Waals surface area contributed by atoms with Crippen molar-refractivity contribution < 1.29 is 28.6 Å². The molecule has 0 aliphatic carbocycles. The molecule has 0 aliphatic rings. The zero-order chi connectivity index (χ0) is 59.2. The Morgan fingerprint density at radius 2 is 0.476 bits per heavy atom. The van der Waals surface area contributed by atoms with Crippen molar-refractivity contribution >= 4 is 17.9 Å². The van der Waals surface area contributed by atoms with Crippen molar-refractivity contribution in [2.45, 2.75) is 303 Å². The summed E-state index contributed by atoms with van der Waals surface area (Å²) >= 11 is 0. The van der Waals surface area contributed by atoms with Crippen molar-refractivity contribution in [3.8, 4) is 0 Å². The number of hydrogen-bond acceptors (Lipinski definition) is 6. The molecule has 0 saturated heterocycles. The Labute approximate surface area is 506 Å². The summed E-state index contributed by atoms with van der Waals surface area (Å²) in [4.78, 5) is 38.4. The Kier molecular flexibility index (Phi) is 64.8. The summed E-state index contributed by atoms with van der Waals surface area (Å²) in [6.07, 6.45) is 98.5. The molecular formula is C76H124O6. The smallest absolute Gasteiger partial charge is 0.306 e. The molecule has 0 aromatic heterocycles. The van der Waals surface area contributed by atoms with Crippen LogP contribution < -0.4 is 0 Å². The van der Waals surface area contributed by atoms with Gasteiger partial charge in [-0.05, 0) is 148 Å². The van der Waals surface area contributed by atoms with Crippen molar-refractivity contribution in [3.63, 3.8) is 0 Å². The third-order valence-corrected chi connectivity index (χ3v) is 14.0. The molecule has 0 aromatic rings. The Bertz CT molecular complexity index is 1780. The van der Waals surface area contributed by atoms with E-state index in [9.17, 15) is 14.4 Å². The molecule has 0 radical (unpaired) electrons. The van der Waals surface area contributed by atoms with E-state index in [1.165, 1.54) is 109 Å². The van der Waals surface area contributed by atoms with E-state index in [0.717, 1.165) is 148 Å². The summed E-state index contributed by atoms with van der Waals surface area (Å²) in [5.41, 5.74) is 0. The summed E-state index contributed by atoms with van der Waals surface area (Å²) < 4.78 is 16.9. The van der Waals surface area contributed by atoms with E-state index in [1.807, 2.05) is 0 Å².